The second-order valence-corrected chi connectivity index (χ2v) is 21.5. The summed E-state index contributed by atoms with van der Waals surface area (Å²) in [6, 6.07) is 41.7. The molecule has 0 aliphatic carbocycles. The van der Waals surface area contributed by atoms with E-state index in [1.165, 1.54) is 5.39 Å². The molecule has 0 saturated carbocycles. The molecule has 0 spiro atoms. The van der Waals surface area contributed by atoms with E-state index in [9.17, 15) is 0 Å². The molecule has 250 valence electrons. The van der Waals surface area contributed by atoms with Crippen LogP contribution >= 0.6 is 0 Å². The monoisotopic (exact) mass is 670 g/mol. The summed E-state index contributed by atoms with van der Waals surface area (Å²) in [7, 11) is -1.76. The fourth-order valence-electron chi connectivity index (χ4n) is 9.39. The van der Waals surface area contributed by atoms with Gasteiger partial charge in [-0.15, -0.1) is 0 Å². The average molecular weight is 671 g/mol. The largest absolute Gasteiger partial charge is 0.290 e. The molecular weight excluding hydrogens is 625 g/mol. The highest BCUT2D eigenvalue weighted by atomic mass is 28.3. The molecule has 0 N–H and O–H groups in total. The first-order valence-electron chi connectivity index (χ1n) is 18.1. The summed E-state index contributed by atoms with van der Waals surface area (Å²) in [5, 5.41) is 6.12. The third kappa shape index (κ3) is 4.74. The van der Waals surface area contributed by atoms with Crippen molar-refractivity contribution in [2.75, 3.05) is 0 Å². The summed E-state index contributed by atoms with van der Waals surface area (Å²) in [5.41, 5.74) is 10.8. The lowest BCUT2D eigenvalue weighted by Crippen LogP contribution is -2.55. The molecule has 0 unspecified atom stereocenters. The van der Waals surface area contributed by atoms with Gasteiger partial charge in [0.15, 0.2) is 0 Å². The number of rotatable bonds is 7. The minimum atomic E-state index is -1.76. The van der Waals surface area contributed by atoms with Crippen molar-refractivity contribution < 1.29 is 0 Å². The summed E-state index contributed by atoms with van der Waals surface area (Å²) >= 11 is 0. The number of fused-ring (bicyclic) bond motifs is 9. The second-order valence-electron chi connectivity index (χ2n) is 15.5. The van der Waals surface area contributed by atoms with Gasteiger partial charge in [0.2, 0.25) is 0 Å². The van der Waals surface area contributed by atoms with E-state index in [2.05, 4.69) is 175 Å². The van der Waals surface area contributed by atoms with Crippen LogP contribution in [0.25, 0.3) is 60.5 Å². The van der Waals surface area contributed by atoms with Gasteiger partial charge in [0.1, 0.15) is 5.65 Å². The molecule has 4 aromatic heterocycles. The number of nitrogens with zero attached hydrogens (tertiary/aromatic N) is 4. The fraction of sp³-hybridized carbons (Fsp3) is 0.267. The van der Waals surface area contributed by atoms with Crippen molar-refractivity contribution in [3.63, 3.8) is 0 Å². The van der Waals surface area contributed by atoms with Gasteiger partial charge in [0.25, 0.3) is 0 Å². The van der Waals surface area contributed by atoms with Gasteiger partial charge in [-0.2, -0.15) is 0 Å². The molecule has 8 aromatic rings. The number of imidazole rings is 1. The third-order valence-electron chi connectivity index (χ3n) is 11.6. The van der Waals surface area contributed by atoms with Crippen LogP contribution in [0.3, 0.4) is 0 Å². The summed E-state index contributed by atoms with van der Waals surface area (Å²) in [6.45, 7) is 19.1. The third-order valence-corrected chi connectivity index (χ3v) is 18.7. The van der Waals surface area contributed by atoms with Crippen LogP contribution in [0.5, 0.6) is 0 Å². The Bertz CT molecular complexity index is 2540. The molecule has 0 fully saturated rings. The van der Waals surface area contributed by atoms with Crippen molar-refractivity contribution >= 4 is 62.5 Å². The van der Waals surface area contributed by atoms with Crippen LogP contribution in [-0.2, 0) is 5.41 Å². The molecule has 0 aliphatic heterocycles. The number of para-hydroxylation sites is 2. The van der Waals surface area contributed by atoms with Gasteiger partial charge in [-0.25, -0.2) is 9.97 Å². The Morgan fingerprint density at radius 1 is 0.580 bits per heavy atom. The smallest absolute Gasteiger partial charge is 0.146 e. The van der Waals surface area contributed by atoms with Gasteiger partial charge in [0, 0.05) is 27.1 Å². The van der Waals surface area contributed by atoms with Crippen LogP contribution in [0.4, 0.5) is 0 Å². The molecule has 8 rings (SSSR count). The standard InChI is InChI=1S/C45H46N4Si/c1-28(2)50(29(3)4,30(5)6)33-23-21-31(22-24-33)38-27-32-15-9-10-16-34(32)43(46-38)45(7,8)41-26-25-40-42(48-41)35-17-11-12-18-36(35)44-47-37-19-13-14-20-39(37)49(40)44/h9-30H,1-8H3. The highest BCUT2D eigenvalue weighted by molar-refractivity contribution is 6.95. The van der Waals surface area contributed by atoms with Crippen LogP contribution in [0.2, 0.25) is 16.6 Å². The van der Waals surface area contributed by atoms with Crippen molar-refractivity contribution in [3.8, 4) is 11.3 Å². The van der Waals surface area contributed by atoms with Gasteiger partial charge in [0.05, 0.1) is 47.2 Å². The maximum Gasteiger partial charge on any atom is 0.146 e. The number of hydrogen-bond donors (Lipinski definition) is 0. The normalized spacial score (nSPS) is 12.9. The lowest BCUT2D eigenvalue weighted by Gasteiger charge is -2.43. The van der Waals surface area contributed by atoms with Crippen molar-refractivity contribution in [2.45, 2.75) is 77.4 Å². The summed E-state index contributed by atoms with van der Waals surface area (Å²) < 4.78 is 2.27. The van der Waals surface area contributed by atoms with E-state index in [1.807, 2.05) is 0 Å². The molecule has 0 aliphatic rings. The quantitative estimate of drug-likeness (QED) is 0.125. The molecule has 4 heterocycles. The van der Waals surface area contributed by atoms with E-state index in [1.54, 1.807) is 5.19 Å². The summed E-state index contributed by atoms with van der Waals surface area (Å²) in [5.74, 6) is 0. The number of aromatic nitrogens is 4. The highest BCUT2D eigenvalue weighted by Gasteiger charge is 2.44. The Kier molecular flexibility index (Phi) is 7.68. The maximum atomic E-state index is 5.50. The van der Waals surface area contributed by atoms with E-state index in [0.29, 0.717) is 16.6 Å². The highest BCUT2D eigenvalue weighted by Crippen LogP contribution is 2.42. The van der Waals surface area contributed by atoms with Crippen molar-refractivity contribution in [3.05, 3.63) is 127 Å². The topological polar surface area (TPSA) is 43.1 Å². The predicted octanol–water partition coefficient (Wildman–Crippen LogP) is 11.6. The first-order chi connectivity index (χ1) is 24.0. The number of benzene rings is 4. The molecule has 0 bridgehead atoms. The Morgan fingerprint density at radius 2 is 1.20 bits per heavy atom. The Balaban J connectivity index is 1.30. The lowest BCUT2D eigenvalue weighted by molar-refractivity contribution is 0.605. The van der Waals surface area contributed by atoms with Crippen LogP contribution in [0, 0.1) is 0 Å². The lowest BCUT2D eigenvalue weighted by atomic mass is 9.81. The first kappa shape index (κ1) is 32.3. The summed E-state index contributed by atoms with van der Waals surface area (Å²) in [6.07, 6.45) is 0. The van der Waals surface area contributed by atoms with Gasteiger partial charge < -0.3 is 0 Å². The molecule has 4 aromatic carbocycles. The van der Waals surface area contributed by atoms with E-state index >= 15 is 0 Å². The SMILES string of the molecule is CC(C)[Si](c1ccc(-c2cc3ccccc3c(C(C)(C)c3ccc4c(n3)c3ccccc3c3nc5ccccc5n43)n2)cc1)(C(C)C)C(C)C. The van der Waals surface area contributed by atoms with E-state index in [4.69, 9.17) is 15.0 Å². The zero-order valence-corrected chi connectivity index (χ0v) is 31.5. The molecule has 50 heavy (non-hydrogen) atoms. The van der Waals surface area contributed by atoms with Gasteiger partial charge >= 0.3 is 0 Å². The predicted molar refractivity (Wildman–Crippen MR) is 215 cm³/mol. The minimum Gasteiger partial charge on any atom is -0.290 e. The van der Waals surface area contributed by atoms with Gasteiger partial charge in [-0.1, -0.05) is 132 Å². The molecule has 0 radical (unpaired) electrons. The Hall–Kier alpha value is -4.87. The molecule has 0 amide bonds. The van der Waals surface area contributed by atoms with Crippen LogP contribution in [-0.4, -0.2) is 27.4 Å². The molecule has 5 heteroatoms. The molecular formula is C45H46N4Si. The molecule has 4 nitrogen and oxygen atoms in total. The van der Waals surface area contributed by atoms with Crippen molar-refractivity contribution in [2.24, 2.45) is 0 Å². The average Bonchev–Trinajstić information content (AvgIpc) is 3.51. The van der Waals surface area contributed by atoms with E-state index in [-0.39, 0.29) is 0 Å². The minimum absolute atomic E-state index is 0.480. The van der Waals surface area contributed by atoms with Crippen LogP contribution in [0.1, 0.15) is 66.8 Å². The number of pyridine rings is 3. The second kappa shape index (κ2) is 11.9. The molecule has 0 saturated heterocycles. The fourth-order valence-corrected chi connectivity index (χ4v) is 16.1. The zero-order valence-electron chi connectivity index (χ0n) is 30.5. The van der Waals surface area contributed by atoms with E-state index in [0.717, 1.165) is 66.5 Å². The van der Waals surface area contributed by atoms with Crippen LogP contribution in [0.15, 0.2) is 115 Å². The molecule has 0 atom stereocenters. The Morgan fingerprint density at radius 3 is 1.90 bits per heavy atom. The van der Waals surface area contributed by atoms with Gasteiger partial charge in [-0.3, -0.25) is 9.38 Å². The van der Waals surface area contributed by atoms with E-state index < -0.39 is 13.5 Å². The first-order valence-corrected chi connectivity index (χ1v) is 20.4. The summed E-state index contributed by atoms with van der Waals surface area (Å²) in [4.78, 5) is 16.1. The maximum absolute atomic E-state index is 5.50. The van der Waals surface area contributed by atoms with Crippen molar-refractivity contribution in [1.82, 2.24) is 19.4 Å². The number of hydrogen-bond acceptors (Lipinski definition) is 3. The van der Waals surface area contributed by atoms with Gasteiger partial charge in [-0.05, 0) is 66.2 Å². The zero-order chi connectivity index (χ0) is 34.9. The Labute approximate surface area is 296 Å². The van der Waals surface area contributed by atoms with Crippen LogP contribution < -0.4 is 5.19 Å². The van der Waals surface area contributed by atoms with Crippen molar-refractivity contribution in [1.29, 1.82) is 0 Å².